The van der Waals surface area contributed by atoms with Crippen LogP contribution < -0.4 is 33.8 Å². The molecule has 3 aromatic carbocycles. The number of methoxy groups -OCH3 is 3. The van der Waals surface area contributed by atoms with Crippen LogP contribution in [0.5, 0.6) is 23.0 Å². The fourth-order valence-corrected chi connectivity index (χ4v) is 6.55. The van der Waals surface area contributed by atoms with Crippen LogP contribution in [0.25, 0.3) is 11.8 Å². The average Bonchev–Trinajstić information content (AvgIpc) is 3.30. The number of nitrogens with zero attached hydrogens (tertiary/aromatic N) is 2. The summed E-state index contributed by atoms with van der Waals surface area (Å²) in [6.07, 6.45) is 3.56. The first-order chi connectivity index (χ1) is 19.6. The Morgan fingerprint density at radius 2 is 1.75 bits per heavy atom. The van der Waals surface area contributed by atoms with Crippen molar-refractivity contribution in [1.29, 1.82) is 0 Å². The van der Waals surface area contributed by atoms with Crippen LogP contribution in [0.15, 0.2) is 76.0 Å². The molecule has 2 heterocycles. The molecule has 1 atom stereocenters. The summed E-state index contributed by atoms with van der Waals surface area (Å²) in [7, 11) is 4.91. The molecule has 0 saturated heterocycles. The smallest absolute Gasteiger partial charge is 0.271 e. The van der Waals surface area contributed by atoms with Gasteiger partial charge in [-0.3, -0.25) is 9.36 Å². The highest BCUT2D eigenvalue weighted by Gasteiger charge is 2.34. The highest BCUT2D eigenvalue weighted by atomic mass is 32.1. The zero-order valence-corrected chi connectivity index (χ0v) is 23.7. The Labute approximate surface area is 236 Å². The number of fused-ring (bicyclic) bond motifs is 3. The Morgan fingerprint density at radius 3 is 2.52 bits per heavy atom. The van der Waals surface area contributed by atoms with Gasteiger partial charge in [-0.25, -0.2) is 4.99 Å². The number of aryl methyl sites for hydroxylation is 1. The Bertz CT molecular complexity index is 1820. The second-order valence-electron chi connectivity index (χ2n) is 9.56. The summed E-state index contributed by atoms with van der Waals surface area (Å²) in [5, 5.41) is 0. The van der Waals surface area contributed by atoms with Crippen molar-refractivity contribution in [2.75, 3.05) is 27.9 Å². The van der Waals surface area contributed by atoms with Crippen molar-refractivity contribution >= 4 is 23.1 Å². The lowest BCUT2D eigenvalue weighted by Crippen LogP contribution is -2.39. The van der Waals surface area contributed by atoms with E-state index in [0.717, 1.165) is 40.8 Å². The van der Waals surface area contributed by atoms with Gasteiger partial charge in [0, 0.05) is 11.1 Å². The minimum Gasteiger partial charge on any atom is -0.497 e. The molecule has 0 N–H and O–H groups in total. The molecule has 8 heteroatoms. The summed E-state index contributed by atoms with van der Waals surface area (Å²) in [6.45, 7) is 2.47. The SMILES string of the molecule is CCOc1ccc(C=c2sc3n(c2=O)C(c2cc(OC)ccc2OC)C2=C(N=3)c3ccccc3CC2)cc1OC. The van der Waals surface area contributed by atoms with Crippen LogP contribution >= 0.6 is 11.3 Å². The van der Waals surface area contributed by atoms with Gasteiger partial charge >= 0.3 is 0 Å². The molecule has 7 nitrogen and oxygen atoms in total. The summed E-state index contributed by atoms with van der Waals surface area (Å²) in [5.41, 5.74) is 6.04. The van der Waals surface area contributed by atoms with E-state index in [4.69, 9.17) is 23.9 Å². The summed E-state index contributed by atoms with van der Waals surface area (Å²) in [5.74, 6) is 2.69. The number of ether oxygens (including phenoxy) is 4. The van der Waals surface area contributed by atoms with E-state index in [1.165, 1.54) is 16.9 Å². The standard InChI is InChI=1S/C32H30N2O5S/c1-5-39-26-14-10-19(16-27(26)38-4)17-28-31(35)34-30(24-18-21(36-2)12-15-25(24)37-3)23-13-11-20-8-6-7-9-22(20)29(23)33-32(34)40-28/h6-10,12,14-18,30H,5,11,13H2,1-4H3. The molecule has 4 aromatic rings. The van der Waals surface area contributed by atoms with Gasteiger partial charge in [0.1, 0.15) is 11.5 Å². The van der Waals surface area contributed by atoms with Crippen LogP contribution in [-0.2, 0) is 6.42 Å². The topological polar surface area (TPSA) is 71.3 Å². The Kier molecular flexibility index (Phi) is 6.94. The van der Waals surface area contributed by atoms with Gasteiger partial charge in [-0.15, -0.1) is 0 Å². The fourth-order valence-electron chi connectivity index (χ4n) is 5.55. The Balaban J connectivity index is 1.60. The van der Waals surface area contributed by atoms with Gasteiger partial charge in [0.15, 0.2) is 16.3 Å². The van der Waals surface area contributed by atoms with E-state index in [-0.39, 0.29) is 11.6 Å². The molecule has 1 aromatic heterocycles. The largest absolute Gasteiger partial charge is 0.497 e. The molecule has 1 aliphatic carbocycles. The quantitative estimate of drug-likeness (QED) is 0.330. The molecule has 40 heavy (non-hydrogen) atoms. The maximum absolute atomic E-state index is 14.1. The first-order valence-electron chi connectivity index (χ1n) is 13.2. The van der Waals surface area contributed by atoms with Crippen molar-refractivity contribution in [3.8, 4) is 23.0 Å². The fraction of sp³-hybridized carbons (Fsp3) is 0.250. The highest BCUT2D eigenvalue weighted by molar-refractivity contribution is 7.07. The highest BCUT2D eigenvalue weighted by Crippen LogP contribution is 2.44. The van der Waals surface area contributed by atoms with Gasteiger partial charge in [0.2, 0.25) is 0 Å². The summed E-state index contributed by atoms with van der Waals surface area (Å²) < 4.78 is 25.0. The van der Waals surface area contributed by atoms with E-state index in [2.05, 4.69) is 18.2 Å². The third-order valence-corrected chi connectivity index (χ3v) is 8.37. The van der Waals surface area contributed by atoms with E-state index in [1.54, 1.807) is 21.3 Å². The molecule has 204 valence electrons. The lowest BCUT2D eigenvalue weighted by molar-refractivity contribution is 0.311. The monoisotopic (exact) mass is 554 g/mol. The van der Waals surface area contributed by atoms with Crippen molar-refractivity contribution in [3.63, 3.8) is 0 Å². The van der Waals surface area contributed by atoms with E-state index in [9.17, 15) is 4.79 Å². The van der Waals surface area contributed by atoms with E-state index in [0.29, 0.717) is 38.9 Å². The van der Waals surface area contributed by atoms with E-state index < -0.39 is 0 Å². The van der Waals surface area contributed by atoms with Gasteiger partial charge < -0.3 is 18.9 Å². The number of benzene rings is 3. The molecule has 6 rings (SSSR count). The second-order valence-corrected chi connectivity index (χ2v) is 10.6. The molecular weight excluding hydrogens is 524 g/mol. The first-order valence-corrected chi connectivity index (χ1v) is 14.0. The Hall–Kier alpha value is -4.30. The van der Waals surface area contributed by atoms with E-state index in [1.807, 2.05) is 60.0 Å². The van der Waals surface area contributed by atoms with Crippen molar-refractivity contribution in [1.82, 2.24) is 4.57 Å². The van der Waals surface area contributed by atoms with Crippen molar-refractivity contribution in [2.45, 2.75) is 25.8 Å². The number of allylic oxidation sites excluding steroid dienone is 1. The molecule has 0 amide bonds. The van der Waals surface area contributed by atoms with Gasteiger partial charge in [-0.2, -0.15) is 0 Å². The lowest BCUT2D eigenvalue weighted by Gasteiger charge is -2.31. The Morgan fingerprint density at radius 1 is 0.950 bits per heavy atom. The summed E-state index contributed by atoms with van der Waals surface area (Å²) in [4.78, 5) is 19.9. The molecule has 0 spiro atoms. The van der Waals surface area contributed by atoms with Gasteiger partial charge in [0.05, 0.1) is 44.2 Å². The third kappa shape index (κ3) is 4.38. The predicted octanol–water partition coefficient (Wildman–Crippen LogP) is 4.74. The van der Waals surface area contributed by atoms with Gasteiger partial charge in [0.25, 0.3) is 5.56 Å². The van der Waals surface area contributed by atoms with Crippen molar-refractivity contribution in [2.24, 2.45) is 4.99 Å². The number of rotatable bonds is 7. The zero-order chi connectivity index (χ0) is 27.8. The van der Waals surface area contributed by atoms with Crippen LogP contribution in [0, 0.1) is 0 Å². The third-order valence-electron chi connectivity index (χ3n) is 7.39. The average molecular weight is 555 g/mol. The molecule has 2 aliphatic rings. The van der Waals surface area contributed by atoms with Crippen LogP contribution in [-0.4, -0.2) is 32.5 Å². The molecule has 1 aliphatic heterocycles. The molecule has 0 saturated carbocycles. The lowest BCUT2D eigenvalue weighted by atomic mass is 9.83. The van der Waals surface area contributed by atoms with Gasteiger partial charge in [-0.1, -0.05) is 41.7 Å². The summed E-state index contributed by atoms with van der Waals surface area (Å²) in [6, 6.07) is 19.4. The number of thiazole rings is 1. The van der Waals surface area contributed by atoms with Crippen LogP contribution in [0.2, 0.25) is 0 Å². The first kappa shape index (κ1) is 26.0. The molecule has 0 fully saturated rings. The number of hydrogen-bond donors (Lipinski definition) is 0. The van der Waals surface area contributed by atoms with Gasteiger partial charge in [-0.05, 0) is 72.9 Å². The molecule has 0 bridgehead atoms. The van der Waals surface area contributed by atoms with Crippen molar-refractivity contribution in [3.05, 3.63) is 108 Å². The molecule has 1 unspecified atom stereocenters. The number of hydrogen-bond acceptors (Lipinski definition) is 7. The van der Waals surface area contributed by atoms with Crippen molar-refractivity contribution < 1.29 is 18.9 Å². The predicted molar refractivity (Wildman–Crippen MR) is 156 cm³/mol. The normalized spacial score (nSPS) is 16.0. The zero-order valence-electron chi connectivity index (χ0n) is 22.9. The van der Waals surface area contributed by atoms with Crippen LogP contribution in [0.3, 0.4) is 0 Å². The van der Waals surface area contributed by atoms with Crippen LogP contribution in [0.4, 0.5) is 0 Å². The minimum atomic E-state index is -0.373. The van der Waals surface area contributed by atoms with Crippen LogP contribution in [0.1, 0.15) is 41.6 Å². The molecule has 0 radical (unpaired) electrons. The van der Waals surface area contributed by atoms with E-state index >= 15 is 0 Å². The number of aromatic nitrogens is 1. The minimum absolute atomic E-state index is 0.100. The maximum Gasteiger partial charge on any atom is 0.271 e. The summed E-state index contributed by atoms with van der Waals surface area (Å²) >= 11 is 1.39. The maximum atomic E-state index is 14.1. The second kappa shape index (κ2) is 10.7. The molecular formula is C32H30N2O5S.